The minimum atomic E-state index is -0.0376. The van der Waals surface area contributed by atoms with Crippen molar-refractivity contribution in [2.75, 3.05) is 40.5 Å². The second-order valence-corrected chi connectivity index (χ2v) is 10.5. The van der Waals surface area contributed by atoms with E-state index in [0.717, 1.165) is 42.5 Å². The molecule has 1 aromatic heterocycles. The zero-order chi connectivity index (χ0) is 28.6. The van der Waals surface area contributed by atoms with Crippen molar-refractivity contribution in [2.24, 2.45) is 0 Å². The second kappa shape index (κ2) is 17.4. The summed E-state index contributed by atoms with van der Waals surface area (Å²) in [5.41, 5.74) is 3.30. The molecule has 0 bridgehead atoms. The molecule has 0 saturated heterocycles. The van der Waals surface area contributed by atoms with E-state index >= 15 is 0 Å². The van der Waals surface area contributed by atoms with E-state index in [2.05, 4.69) is 24.0 Å². The molecule has 3 rings (SSSR count). The Labute approximate surface area is 239 Å². The lowest BCUT2D eigenvalue weighted by atomic mass is 10.1. The van der Waals surface area contributed by atoms with Gasteiger partial charge in [0.15, 0.2) is 0 Å². The molecule has 0 spiro atoms. The van der Waals surface area contributed by atoms with Crippen molar-refractivity contribution >= 4 is 22.7 Å². The van der Waals surface area contributed by atoms with Gasteiger partial charge >= 0.3 is 0 Å². The SMILES string of the molecule is CCCCCCCCC(=O)N(CCCOC)CC(=O)N(CCc1c[nH]c2ccccc12)Cc1ccc(OC)cc1. The van der Waals surface area contributed by atoms with E-state index in [1.165, 1.54) is 30.2 Å². The van der Waals surface area contributed by atoms with Crippen LogP contribution in [0.3, 0.4) is 0 Å². The van der Waals surface area contributed by atoms with Crippen LogP contribution in [0, 0.1) is 0 Å². The molecule has 0 atom stereocenters. The van der Waals surface area contributed by atoms with Gasteiger partial charge in [-0.25, -0.2) is 0 Å². The van der Waals surface area contributed by atoms with Gasteiger partial charge < -0.3 is 24.3 Å². The lowest BCUT2D eigenvalue weighted by molar-refractivity contribution is -0.141. The Morgan fingerprint density at radius 2 is 1.57 bits per heavy atom. The minimum Gasteiger partial charge on any atom is -0.497 e. The number of methoxy groups -OCH3 is 2. The van der Waals surface area contributed by atoms with Crippen LogP contribution in [-0.4, -0.2) is 67.1 Å². The second-order valence-electron chi connectivity index (χ2n) is 10.5. The van der Waals surface area contributed by atoms with E-state index in [1.54, 1.807) is 19.1 Å². The Morgan fingerprint density at radius 1 is 0.825 bits per heavy atom. The number of benzene rings is 2. The molecule has 1 N–H and O–H groups in total. The number of fused-ring (bicyclic) bond motifs is 1. The predicted octanol–water partition coefficient (Wildman–Crippen LogP) is 6.36. The zero-order valence-corrected chi connectivity index (χ0v) is 24.6. The summed E-state index contributed by atoms with van der Waals surface area (Å²) in [4.78, 5) is 33.9. The number of carbonyl (C=O) groups excluding carboxylic acids is 2. The maximum absolute atomic E-state index is 13.8. The fourth-order valence-electron chi connectivity index (χ4n) is 5.01. The van der Waals surface area contributed by atoms with Crippen LogP contribution >= 0.6 is 0 Å². The molecule has 2 aromatic carbocycles. The van der Waals surface area contributed by atoms with E-state index in [-0.39, 0.29) is 18.4 Å². The lowest BCUT2D eigenvalue weighted by Gasteiger charge is -2.28. The van der Waals surface area contributed by atoms with Crippen molar-refractivity contribution in [3.05, 3.63) is 65.9 Å². The number of amides is 2. The number of unbranched alkanes of at least 4 members (excludes halogenated alkanes) is 5. The summed E-state index contributed by atoms with van der Waals surface area (Å²) in [6, 6.07) is 16.0. The monoisotopic (exact) mass is 549 g/mol. The summed E-state index contributed by atoms with van der Waals surface area (Å²) < 4.78 is 10.5. The third kappa shape index (κ3) is 10.0. The predicted molar refractivity (Wildman–Crippen MR) is 161 cm³/mol. The van der Waals surface area contributed by atoms with Gasteiger partial charge in [-0.05, 0) is 48.6 Å². The van der Waals surface area contributed by atoms with Gasteiger partial charge in [0.2, 0.25) is 11.8 Å². The Hall–Kier alpha value is -3.32. The summed E-state index contributed by atoms with van der Waals surface area (Å²) in [6.45, 7) is 4.41. The molecule has 1 heterocycles. The van der Waals surface area contributed by atoms with E-state index in [4.69, 9.17) is 9.47 Å². The number of carbonyl (C=O) groups is 2. The van der Waals surface area contributed by atoms with Crippen LogP contribution in [0.5, 0.6) is 5.75 Å². The molecule has 0 radical (unpaired) electrons. The molecular weight excluding hydrogens is 502 g/mol. The van der Waals surface area contributed by atoms with Crippen molar-refractivity contribution < 1.29 is 19.1 Å². The number of para-hydroxylation sites is 1. The summed E-state index contributed by atoms with van der Waals surface area (Å²) >= 11 is 0. The maximum atomic E-state index is 13.8. The molecule has 7 heteroatoms. The molecule has 2 amide bonds. The summed E-state index contributed by atoms with van der Waals surface area (Å²) in [7, 11) is 3.31. The Balaban J connectivity index is 1.69. The van der Waals surface area contributed by atoms with Gasteiger partial charge in [0.05, 0.1) is 13.7 Å². The van der Waals surface area contributed by atoms with Crippen LogP contribution in [0.4, 0.5) is 0 Å². The molecular formula is C33H47N3O4. The van der Waals surface area contributed by atoms with Gasteiger partial charge in [0, 0.05) is 56.9 Å². The zero-order valence-electron chi connectivity index (χ0n) is 24.6. The number of hydrogen-bond donors (Lipinski definition) is 1. The molecule has 218 valence electrons. The number of nitrogens with one attached hydrogen (secondary N) is 1. The van der Waals surface area contributed by atoms with Crippen LogP contribution in [0.15, 0.2) is 54.7 Å². The van der Waals surface area contributed by atoms with Crippen molar-refractivity contribution in [1.82, 2.24) is 14.8 Å². The topological polar surface area (TPSA) is 74.9 Å². The number of H-pyrrole nitrogens is 1. The lowest BCUT2D eigenvalue weighted by Crippen LogP contribution is -2.44. The first-order chi connectivity index (χ1) is 19.5. The van der Waals surface area contributed by atoms with Crippen molar-refractivity contribution in [1.29, 1.82) is 0 Å². The number of hydrogen-bond acceptors (Lipinski definition) is 4. The first kappa shape index (κ1) is 31.2. The summed E-state index contributed by atoms with van der Waals surface area (Å²) in [5, 5.41) is 1.18. The van der Waals surface area contributed by atoms with Crippen LogP contribution in [0.25, 0.3) is 10.9 Å². The fraction of sp³-hybridized carbons (Fsp3) is 0.515. The number of aromatic amines is 1. The van der Waals surface area contributed by atoms with E-state index in [1.807, 2.05) is 47.5 Å². The van der Waals surface area contributed by atoms with E-state index < -0.39 is 0 Å². The quantitative estimate of drug-likeness (QED) is 0.177. The number of rotatable bonds is 19. The number of ether oxygens (including phenoxy) is 2. The third-order valence-corrected chi connectivity index (χ3v) is 7.41. The standard InChI is InChI=1S/C33H47N3O4/c1-4-5-6-7-8-9-15-32(37)35(21-12-23-39-2)26-33(38)36(25-27-16-18-29(40-3)19-17-27)22-20-28-24-34-31-14-11-10-13-30(28)31/h10-11,13-14,16-19,24,34H,4-9,12,15,20-23,25-26H2,1-3H3. The molecule has 40 heavy (non-hydrogen) atoms. The van der Waals surface area contributed by atoms with E-state index in [0.29, 0.717) is 39.1 Å². The van der Waals surface area contributed by atoms with Gasteiger partial charge in [0.25, 0.3) is 0 Å². The van der Waals surface area contributed by atoms with Gasteiger partial charge in [-0.15, -0.1) is 0 Å². The van der Waals surface area contributed by atoms with Gasteiger partial charge in [-0.3, -0.25) is 9.59 Å². The van der Waals surface area contributed by atoms with Crippen LogP contribution in [-0.2, 0) is 27.3 Å². The Morgan fingerprint density at radius 3 is 2.33 bits per heavy atom. The maximum Gasteiger partial charge on any atom is 0.242 e. The average molecular weight is 550 g/mol. The van der Waals surface area contributed by atoms with Gasteiger partial charge in [-0.2, -0.15) is 0 Å². The highest BCUT2D eigenvalue weighted by atomic mass is 16.5. The first-order valence-electron chi connectivity index (χ1n) is 14.8. The smallest absolute Gasteiger partial charge is 0.242 e. The largest absolute Gasteiger partial charge is 0.497 e. The molecule has 7 nitrogen and oxygen atoms in total. The van der Waals surface area contributed by atoms with E-state index in [9.17, 15) is 9.59 Å². The molecule has 3 aromatic rings. The summed E-state index contributed by atoms with van der Waals surface area (Å²) in [6.07, 6.45) is 10.7. The normalized spacial score (nSPS) is 11.1. The Kier molecular flexibility index (Phi) is 13.6. The van der Waals surface area contributed by atoms with Crippen LogP contribution in [0.2, 0.25) is 0 Å². The molecule has 0 aliphatic heterocycles. The van der Waals surface area contributed by atoms with Crippen LogP contribution in [0.1, 0.15) is 69.4 Å². The molecule has 0 saturated carbocycles. The Bertz CT molecular complexity index is 1160. The molecule has 0 aliphatic carbocycles. The first-order valence-corrected chi connectivity index (χ1v) is 14.8. The highest BCUT2D eigenvalue weighted by Crippen LogP contribution is 2.20. The van der Waals surface area contributed by atoms with Crippen molar-refractivity contribution in [3.8, 4) is 5.75 Å². The third-order valence-electron chi connectivity index (χ3n) is 7.41. The van der Waals surface area contributed by atoms with Gasteiger partial charge in [-0.1, -0.05) is 69.4 Å². The number of nitrogens with zero attached hydrogens (tertiary/aromatic N) is 2. The van der Waals surface area contributed by atoms with Crippen molar-refractivity contribution in [2.45, 2.75) is 71.3 Å². The summed E-state index contributed by atoms with van der Waals surface area (Å²) in [5.74, 6) is 0.801. The molecule has 0 fully saturated rings. The van der Waals surface area contributed by atoms with Crippen molar-refractivity contribution in [3.63, 3.8) is 0 Å². The fourth-order valence-corrected chi connectivity index (χ4v) is 5.01. The highest BCUT2D eigenvalue weighted by Gasteiger charge is 2.22. The van der Waals surface area contributed by atoms with Gasteiger partial charge in [0.1, 0.15) is 5.75 Å². The number of aromatic nitrogens is 1. The highest BCUT2D eigenvalue weighted by molar-refractivity contribution is 5.85. The van der Waals surface area contributed by atoms with Crippen LogP contribution < -0.4 is 4.74 Å². The average Bonchev–Trinajstić information content (AvgIpc) is 3.39. The minimum absolute atomic E-state index is 0.0376. The molecule has 0 unspecified atom stereocenters. The molecule has 0 aliphatic rings.